The molecule has 1 aliphatic rings. The van der Waals surface area contributed by atoms with Gasteiger partial charge in [0.15, 0.2) is 0 Å². The van der Waals surface area contributed by atoms with Gasteiger partial charge in [0.05, 0.1) is 11.4 Å². The average Bonchev–Trinajstić information content (AvgIpc) is 2.72. The molecule has 5 nitrogen and oxygen atoms in total. The number of hydrogen-bond acceptors (Lipinski definition) is 3. The highest BCUT2D eigenvalue weighted by Crippen LogP contribution is 2.28. The molecule has 0 aliphatic carbocycles. The Morgan fingerprint density at radius 1 is 1.10 bits per heavy atom. The molecule has 0 radical (unpaired) electrons. The maximum Gasteiger partial charge on any atom is 0.251 e. The van der Waals surface area contributed by atoms with Crippen LogP contribution < -0.4 is 9.62 Å². The Morgan fingerprint density at radius 2 is 1.83 bits per heavy atom. The average molecular weight is 429 g/mol. The van der Waals surface area contributed by atoms with Crippen molar-refractivity contribution < 1.29 is 13.2 Å². The molecule has 1 saturated heterocycles. The largest absolute Gasteiger partial charge is 0.352 e. The summed E-state index contributed by atoms with van der Waals surface area (Å²) in [7, 11) is -3.30. The molecule has 0 spiro atoms. The highest BCUT2D eigenvalue weighted by atomic mass is 32.2. The van der Waals surface area contributed by atoms with Crippen LogP contribution in [0.15, 0.2) is 42.5 Å². The molecule has 2 aromatic carbocycles. The summed E-state index contributed by atoms with van der Waals surface area (Å²) in [6.07, 6.45) is 3.29. The second-order valence-electron chi connectivity index (χ2n) is 8.35. The van der Waals surface area contributed by atoms with Crippen LogP contribution in [0.1, 0.15) is 66.1 Å². The quantitative estimate of drug-likeness (QED) is 0.664. The zero-order valence-electron chi connectivity index (χ0n) is 18.1. The van der Waals surface area contributed by atoms with E-state index in [1.54, 1.807) is 12.1 Å². The summed E-state index contributed by atoms with van der Waals surface area (Å²) in [6, 6.07) is 13.9. The Labute approximate surface area is 180 Å². The van der Waals surface area contributed by atoms with Crippen LogP contribution >= 0.6 is 0 Å². The van der Waals surface area contributed by atoms with Gasteiger partial charge in [-0.1, -0.05) is 44.2 Å². The number of rotatable bonds is 7. The first-order valence-corrected chi connectivity index (χ1v) is 12.4. The van der Waals surface area contributed by atoms with Crippen molar-refractivity contribution in [2.75, 3.05) is 23.1 Å². The SMILES string of the molecule is Cc1ccc(C(=O)NCCCc2ccc(C(C)C)cc2)cc1N1CCCCS1(=O)=O. The Kier molecular flexibility index (Phi) is 7.19. The van der Waals surface area contributed by atoms with Crippen molar-refractivity contribution in [1.29, 1.82) is 0 Å². The summed E-state index contributed by atoms with van der Waals surface area (Å²) in [5.41, 5.74) is 4.58. The van der Waals surface area contributed by atoms with Crippen molar-refractivity contribution in [3.8, 4) is 0 Å². The first kappa shape index (κ1) is 22.3. The van der Waals surface area contributed by atoms with Crippen molar-refractivity contribution in [2.45, 2.75) is 52.4 Å². The number of nitrogens with zero attached hydrogens (tertiary/aromatic N) is 1. The number of benzene rings is 2. The molecular formula is C24H32N2O3S. The molecule has 1 amide bonds. The fraction of sp³-hybridized carbons (Fsp3) is 0.458. The van der Waals surface area contributed by atoms with Crippen molar-refractivity contribution >= 4 is 21.6 Å². The summed E-state index contributed by atoms with van der Waals surface area (Å²) in [5.74, 6) is 0.527. The van der Waals surface area contributed by atoms with Gasteiger partial charge in [-0.05, 0) is 67.3 Å². The van der Waals surface area contributed by atoms with E-state index in [4.69, 9.17) is 0 Å². The number of sulfonamides is 1. The molecule has 1 aliphatic heterocycles. The molecule has 0 saturated carbocycles. The molecule has 0 bridgehead atoms. The topological polar surface area (TPSA) is 66.5 Å². The fourth-order valence-corrected chi connectivity index (χ4v) is 5.44. The van der Waals surface area contributed by atoms with Gasteiger partial charge in [0, 0.05) is 18.7 Å². The zero-order valence-corrected chi connectivity index (χ0v) is 19.0. The Bertz CT molecular complexity index is 982. The van der Waals surface area contributed by atoms with Gasteiger partial charge < -0.3 is 5.32 Å². The maximum absolute atomic E-state index is 12.6. The van der Waals surface area contributed by atoms with Crippen LogP contribution in [0.5, 0.6) is 0 Å². The molecule has 3 rings (SSSR count). The highest BCUT2D eigenvalue weighted by Gasteiger charge is 2.27. The lowest BCUT2D eigenvalue weighted by Crippen LogP contribution is -2.38. The third kappa shape index (κ3) is 5.42. The minimum atomic E-state index is -3.30. The van der Waals surface area contributed by atoms with Gasteiger partial charge in [0.1, 0.15) is 0 Å². The number of anilines is 1. The first-order valence-electron chi connectivity index (χ1n) is 10.8. The second kappa shape index (κ2) is 9.65. The lowest BCUT2D eigenvalue weighted by atomic mass is 10.0. The van der Waals surface area contributed by atoms with E-state index in [0.29, 0.717) is 36.7 Å². The maximum atomic E-state index is 12.6. The second-order valence-corrected chi connectivity index (χ2v) is 10.4. The van der Waals surface area contributed by atoms with Gasteiger partial charge in [-0.2, -0.15) is 0 Å². The number of carbonyl (C=O) groups is 1. The van der Waals surface area contributed by atoms with E-state index in [2.05, 4.69) is 43.4 Å². The lowest BCUT2D eigenvalue weighted by Gasteiger charge is -2.29. The van der Waals surface area contributed by atoms with Crippen molar-refractivity contribution in [3.63, 3.8) is 0 Å². The minimum absolute atomic E-state index is 0.166. The Hall–Kier alpha value is -2.34. The standard InChI is InChI=1S/C24H32N2O3S/c1-18(2)21-12-9-20(10-13-21)7-6-14-25-24(27)22-11-8-19(3)23(17-22)26-15-4-5-16-30(26,28)29/h8-13,17-18H,4-7,14-16H2,1-3H3,(H,25,27). The number of aryl methyl sites for hydroxylation is 2. The smallest absolute Gasteiger partial charge is 0.251 e. The predicted molar refractivity (Wildman–Crippen MR) is 123 cm³/mol. The van der Waals surface area contributed by atoms with Crippen LogP contribution in [0.3, 0.4) is 0 Å². The molecule has 1 fully saturated rings. The molecule has 2 aromatic rings. The van der Waals surface area contributed by atoms with Gasteiger partial charge in [0.2, 0.25) is 10.0 Å². The van der Waals surface area contributed by atoms with E-state index in [0.717, 1.165) is 24.8 Å². The number of nitrogens with one attached hydrogen (secondary N) is 1. The lowest BCUT2D eigenvalue weighted by molar-refractivity contribution is 0.0953. The summed E-state index contributed by atoms with van der Waals surface area (Å²) < 4.78 is 26.4. The fourth-order valence-electron chi connectivity index (χ4n) is 3.74. The Morgan fingerprint density at radius 3 is 2.50 bits per heavy atom. The predicted octanol–water partition coefficient (Wildman–Crippen LogP) is 4.41. The van der Waals surface area contributed by atoms with Gasteiger partial charge in [0.25, 0.3) is 5.91 Å². The molecule has 0 atom stereocenters. The van der Waals surface area contributed by atoms with Crippen molar-refractivity contribution in [2.24, 2.45) is 0 Å². The third-order valence-corrected chi connectivity index (χ3v) is 7.52. The molecule has 1 N–H and O–H groups in total. The van der Waals surface area contributed by atoms with Crippen LogP contribution in [-0.4, -0.2) is 33.2 Å². The van der Waals surface area contributed by atoms with Crippen molar-refractivity contribution in [3.05, 3.63) is 64.7 Å². The van der Waals surface area contributed by atoms with Crippen LogP contribution in [0.4, 0.5) is 5.69 Å². The number of amides is 1. The van der Waals surface area contributed by atoms with E-state index in [1.807, 2.05) is 13.0 Å². The van der Waals surface area contributed by atoms with Gasteiger partial charge in [-0.25, -0.2) is 8.42 Å². The van der Waals surface area contributed by atoms with Gasteiger partial charge in [-0.15, -0.1) is 0 Å². The van der Waals surface area contributed by atoms with Gasteiger partial charge >= 0.3 is 0 Å². The third-order valence-electron chi connectivity index (χ3n) is 5.66. The van der Waals surface area contributed by atoms with E-state index < -0.39 is 10.0 Å². The summed E-state index contributed by atoms with van der Waals surface area (Å²) >= 11 is 0. The Balaban J connectivity index is 1.58. The molecule has 0 aromatic heterocycles. The monoisotopic (exact) mass is 428 g/mol. The van der Waals surface area contributed by atoms with E-state index >= 15 is 0 Å². The molecule has 30 heavy (non-hydrogen) atoms. The molecule has 0 unspecified atom stereocenters. The number of hydrogen-bond donors (Lipinski definition) is 1. The normalized spacial score (nSPS) is 15.9. The summed E-state index contributed by atoms with van der Waals surface area (Å²) in [4.78, 5) is 12.6. The zero-order chi connectivity index (χ0) is 21.7. The van der Waals surface area contributed by atoms with Crippen LogP contribution in [0.25, 0.3) is 0 Å². The van der Waals surface area contributed by atoms with Crippen molar-refractivity contribution in [1.82, 2.24) is 5.32 Å². The van der Waals surface area contributed by atoms with Crippen LogP contribution in [0, 0.1) is 6.92 Å². The molecule has 6 heteroatoms. The van der Waals surface area contributed by atoms with Crippen LogP contribution in [-0.2, 0) is 16.4 Å². The molecular weight excluding hydrogens is 396 g/mol. The highest BCUT2D eigenvalue weighted by molar-refractivity contribution is 7.92. The van der Waals surface area contributed by atoms with E-state index in [9.17, 15) is 13.2 Å². The van der Waals surface area contributed by atoms with E-state index in [-0.39, 0.29) is 11.7 Å². The summed E-state index contributed by atoms with van der Waals surface area (Å²) in [6.45, 7) is 7.30. The summed E-state index contributed by atoms with van der Waals surface area (Å²) in [5, 5.41) is 2.96. The van der Waals surface area contributed by atoms with Gasteiger partial charge in [-0.3, -0.25) is 9.10 Å². The van der Waals surface area contributed by atoms with E-state index in [1.165, 1.54) is 15.4 Å². The van der Waals surface area contributed by atoms with Crippen LogP contribution in [0.2, 0.25) is 0 Å². The first-order chi connectivity index (χ1) is 14.3. The minimum Gasteiger partial charge on any atom is -0.352 e. The number of carbonyl (C=O) groups excluding carboxylic acids is 1. The molecule has 162 valence electrons. The molecule has 1 heterocycles.